The molecule has 0 radical (unpaired) electrons. The number of para-hydroxylation sites is 2. The van der Waals surface area contributed by atoms with E-state index in [1.54, 1.807) is 46.6 Å². The third kappa shape index (κ3) is 4.00. The molecule has 7 heteroatoms. The van der Waals surface area contributed by atoms with Crippen molar-refractivity contribution in [1.29, 1.82) is 0 Å². The Kier molecular flexibility index (Phi) is 5.56. The molecule has 0 saturated carbocycles. The van der Waals surface area contributed by atoms with Gasteiger partial charge in [-0.3, -0.25) is 0 Å². The Morgan fingerprint density at radius 3 is 1.63 bits per heavy atom. The topological polar surface area (TPSA) is 29.0 Å². The lowest BCUT2D eigenvalue weighted by Gasteiger charge is -2.35. The van der Waals surface area contributed by atoms with Crippen molar-refractivity contribution in [3.8, 4) is 0 Å². The van der Waals surface area contributed by atoms with Crippen molar-refractivity contribution in [2.45, 2.75) is 28.1 Å². The molecule has 0 atom stereocenters. The number of hydrogen-bond acceptors (Lipinski definition) is 7. The molecule has 2 heterocycles. The van der Waals surface area contributed by atoms with Crippen LogP contribution >= 0.6 is 46.6 Å². The summed E-state index contributed by atoms with van der Waals surface area (Å²) < 4.78 is 6.82. The zero-order valence-corrected chi connectivity index (χ0v) is 19.7. The Balaban J connectivity index is 1.52. The maximum Gasteiger partial charge on any atom is 0.167 e. The van der Waals surface area contributed by atoms with E-state index in [-0.39, 0.29) is 5.54 Å². The molecule has 2 aromatic heterocycles. The molecule has 0 amide bonds. The van der Waals surface area contributed by atoms with Gasteiger partial charge in [0.25, 0.3) is 0 Å². The van der Waals surface area contributed by atoms with Gasteiger partial charge in [0.2, 0.25) is 0 Å². The molecule has 0 fully saturated rings. The van der Waals surface area contributed by atoms with Gasteiger partial charge in [0, 0.05) is 23.9 Å². The Morgan fingerprint density at radius 1 is 0.667 bits per heavy atom. The lowest BCUT2D eigenvalue weighted by molar-refractivity contribution is 0.386. The van der Waals surface area contributed by atoms with Crippen LogP contribution in [0.3, 0.4) is 0 Å². The van der Waals surface area contributed by atoms with Crippen LogP contribution in [0.4, 0.5) is 0 Å². The van der Waals surface area contributed by atoms with E-state index in [2.05, 4.69) is 84.3 Å². The Labute approximate surface area is 192 Å². The number of nitrogens with zero attached hydrogens (tertiary/aromatic N) is 3. The SMILES string of the molecule is CC(C)(c1ccccc1)N(Sc1nc2ccccc2s1)Sc1nc2ccccc2s1. The zero-order valence-electron chi connectivity index (χ0n) is 16.5. The molecular weight excluding hydrogens is 447 g/mol. The smallest absolute Gasteiger partial charge is 0.167 e. The molecule has 150 valence electrons. The Bertz CT molecular complexity index is 1150. The standard InChI is InChI=1S/C23H19N3S4/c1-23(2,16-10-4-3-5-11-16)26(29-21-24-17-12-6-8-14-19(17)27-21)30-22-25-18-13-7-9-15-20(18)28-22/h3-15H,1-2H3. The molecule has 0 unspecified atom stereocenters. The van der Waals surface area contributed by atoms with Crippen LogP contribution in [-0.4, -0.2) is 13.7 Å². The summed E-state index contributed by atoms with van der Waals surface area (Å²) in [7, 11) is 0. The molecule has 0 aliphatic heterocycles. The van der Waals surface area contributed by atoms with Gasteiger partial charge in [-0.15, -0.1) is 22.7 Å². The van der Waals surface area contributed by atoms with Crippen molar-refractivity contribution in [3.05, 3.63) is 84.4 Å². The number of thiazole rings is 2. The van der Waals surface area contributed by atoms with Gasteiger partial charge >= 0.3 is 0 Å². The van der Waals surface area contributed by atoms with Crippen molar-refractivity contribution in [1.82, 2.24) is 13.7 Å². The number of benzene rings is 3. The molecule has 3 aromatic carbocycles. The molecule has 0 aliphatic rings. The van der Waals surface area contributed by atoms with Crippen molar-refractivity contribution < 1.29 is 0 Å². The number of fused-ring (bicyclic) bond motifs is 2. The predicted molar refractivity (Wildman–Crippen MR) is 132 cm³/mol. The minimum Gasteiger partial charge on any atom is -0.228 e. The van der Waals surface area contributed by atoms with Gasteiger partial charge in [0.15, 0.2) is 8.68 Å². The fraction of sp³-hybridized carbons (Fsp3) is 0.130. The Morgan fingerprint density at radius 2 is 1.13 bits per heavy atom. The van der Waals surface area contributed by atoms with E-state index >= 15 is 0 Å². The zero-order chi connectivity index (χ0) is 20.6. The lowest BCUT2D eigenvalue weighted by Crippen LogP contribution is -2.31. The van der Waals surface area contributed by atoms with Crippen molar-refractivity contribution in [2.24, 2.45) is 0 Å². The van der Waals surface area contributed by atoms with Crippen LogP contribution in [0.25, 0.3) is 20.4 Å². The van der Waals surface area contributed by atoms with Gasteiger partial charge < -0.3 is 0 Å². The van der Waals surface area contributed by atoms with Crippen LogP contribution in [0.15, 0.2) is 87.5 Å². The third-order valence-electron chi connectivity index (χ3n) is 4.81. The minimum atomic E-state index is -0.230. The average Bonchev–Trinajstić information content (AvgIpc) is 3.36. The van der Waals surface area contributed by atoms with E-state index in [0.29, 0.717) is 0 Å². The Hall–Kier alpha value is -1.90. The molecule has 3 nitrogen and oxygen atoms in total. The van der Waals surface area contributed by atoms with E-state index in [1.807, 2.05) is 12.1 Å². The summed E-state index contributed by atoms with van der Waals surface area (Å²) in [6.07, 6.45) is 0. The van der Waals surface area contributed by atoms with E-state index in [9.17, 15) is 0 Å². The van der Waals surface area contributed by atoms with Crippen LogP contribution in [0.5, 0.6) is 0 Å². The maximum absolute atomic E-state index is 4.85. The summed E-state index contributed by atoms with van der Waals surface area (Å²) in [5, 5.41) is 0. The van der Waals surface area contributed by atoms with E-state index in [4.69, 9.17) is 9.97 Å². The monoisotopic (exact) mass is 465 g/mol. The van der Waals surface area contributed by atoms with Crippen LogP contribution in [0.1, 0.15) is 19.4 Å². The van der Waals surface area contributed by atoms with Crippen LogP contribution in [-0.2, 0) is 5.54 Å². The van der Waals surface area contributed by atoms with Gasteiger partial charge in [-0.1, -0.05) is 54.6 Å². The second-order valence-corrected chi connectivity index (χ2v) is 11.9. The second-order valence-electron chi connectivity index (χ2n) is 7.26. The second kappa shape index (κ2) is 8.32. The third-order valence-corrected chi connectivity index (χ3v) is 9.60. The van der Waals surface area contributed by atoms with E-state index in [1.165, 1.54) is 15.0 Å². The molecular formula is C23H19N3S4. The van der Waals surface area contributed by atoms with E-state index in [0.717, 1.165) is 19.7 Å². The summed E-state index contributed by atoms with van der Waals surface area (Å²) in [6, 6.07) is 27.2. The van der Waals surface area contributed by atoms with Gasteiger partial charge in [-0.05, 0) is 43.7 Å². The summed E-state index contributed by atoms with van der Waals surface area (Å²) in [4.78, 5) is 9.71. The predicted octanol–water partition coefficient (Wildman–Crippen LogP) is 7.86. The van der Waals surface area contributed by atoms with Gasteiger partial charge in [0.1, 0.15) is 0 Å². The normalized spacial score (nSPS) is 12.2. The molecule has 5 aromatic rings. The lowest BCUT2D eigenvalue weighted by atomic mass is 9.96. The van der Waals surface area contributed by atoms with Gasteiger partial charge in [0.05, 0.1) is 26.0 Å². The first kappa shape index (κ1) is 20.0. The first-order valence-electron chi connectivity index (χ1n) is 9.52. The van der Waals surface area contributed by atoms with Crippen LogP contribution in [0, 0.1) is 0 Å². The fourth-order valence-electron chi connectivity index (χ4n) is 3.12. The molecule has 30 heavy (non-hydrogen) atoms. The van der Waals surface area contributed by atoms with E-state index < -0.39 is 0 Å². The maximum atomic E-state index is 4.85. The fourth-order valence-corrected chi connectivity index (χ4v) is 7.88. The summed E-state index contributed by atoms with van der Waals surface area (Å²) in [6.45, 7) is 4.51. The minimum absolute atomic E-state index is 0.230. The molecule has 0 aliphatic carbocycles. The van der Waals surface area contributed by atoms with Gasteiger partial charge in [-0.2, -0.15) is 3.71 Å². The first-order valence-corrected chi connectivity index (χ1v) is 12.7. The summed E-state index contributed by atoms with van der Waals surface area (Å²) in [5.74, 6) is 0. The highest BCUT2D eigenvalue weighted by Gasteiger charge is 2.32. The summed E-state index contributed by atoms with van der Waals surface area (Å²) in [5.41, 5.74) is 3.12. The van der Waals surface area contributed by atoms with Crippen LogP contribution in [0.2, 0.25) is 0 Å². The molecule has 0 N–H and O–H groups in total. The van der Waals surface area contributed by atoms with Crippen molar-refractivity contribution in [3.63, 3.8) is 0 Å². The average molecular weight is 466 g/mol. The summed E-state index contributed by atoms with van der Waals surface area (Å²) >= 11 is 6.85. The van der Waals surface area contributed by atoms with Crippen molar-refractivity contribution >= 4 is 67.0 Å². The van der Waals surface area contributed by atoms with Crippen molar-refractivity contribution in [2.75, 3.05) is 0 Å². The highest BCUT2D eigenvalue weighted by atomic mass is 32.2. The van der Waals surface area contributed by atoms with Gasteiger partial charge in [-0.25, -0.2) is 9.97 Å². The number of aromatic nitrogens is 2. The first-order chi connectivity index (χ1) is 14.6. The number of hydrogen-bond donors (Lipinski definition) is 0. The highest BCUT2D eigenvalue weighted by Crippen LogP contribution is 2.47. The largest absolute Gasteiger partial charge is 0.228 e. The highest BCUT2D eigenvalue weighted by molar-refractivity contribution is 8.13. The quantitative estimate of drug-likeness (QED) is 0.238. The molecule has 5 rings (SSSR count). The molecule has 0 spiro atoms. The van der Waals surface area contributed by atoms with Crippen LogP contribution < -0.4 is 0 Å². The number of rotatable bonds is 6. The molecule has 0 saturated heterocycles. The molecule has 0 bridgehead atoms.